The Kier molecular flexibility index (Phi) is 9.89. The first kappa shape index (κ1) is 27.5. The molecule has 3 rings (SSSR count). The lowest BCUT2D eigenvalue weighted by Gasteiger charge is -2.60. The van der Waals surface area contributed by atoms with Gasteiger partial charge in [-0.25, -0.2) is 4.79 Å². The minimum atomic E-state index is -0.785. The molecule has 0 aliphatic heterocycles. The van der Waals surface area contributed by atoms with E-state index in [0.29, 0.717) is 53.4 Å². The van der Waals surface area contributed by atoms with Crippen LogP contribution >= 0.6 is 0 Å². The van der Waals surface area contributed by atoms with Crippen molar-refractivity contribution in [2.45, 2.75) is 111 Å². The Morgan fingerprint density at radius 1 is 1.06 bits per heavy atom. The van der Waals surface area contributed by atoms with Crippen molar-refractivity contribution < 1.29 is 19.4 Å². The Morgan fingerprint density at radius 3 is 2.50 bits per heavy atom. The minimum Gasteiger partial charge on any atom is -0.459 e. The van der Waals surface area contributed by atoms with E-state index in [9.17, 15) is 14.7 Å². The summed E-state index contributed by atoms with van der Waals surface area (Å²) in [7, 11) is 0. The van der Waals surface area contributed by atoms with Gasteiger partial charge in [-0.1, -0.05) is 66.2 Å². The normalized spacial score (nSPS) is 39.4. The molecular formula is C29H51NO4. The molecule has 0 aromatic rings. The molecule has 3 saturated carbocycles. The van der Waals surface area contributed by atoms with Gasteiger partial charge in [-0.2, -0.15) is 0 Å². The van der Waals surface area contributed by atoms with Crippen molar-refractivity contribution in [1.82, 2.24) is 5.32 Å². The molecule has 0 bridgehead atoms. The van der Waals surface area contributed by atoms with Crippen LogP contribution < -0.4 is 5.32 Å². The summed E-state index contributed by atoms with van der Waals surface area (Å²) in [5, 5.41) is 14.4. The van der Waals surface area contributed by atoms with Crippen LogP contribution in [0.2, 0.25) is 0 Å². The molecular weight excluding hydrogens is 426 g/mol. The topological polar surface area (TPSA) is 75.6 Å². The molecule has 9 atom stereocenters. The second kappa shape index (κ2) is 12.2. The van der Waals surface area contributed by atoms with Crippen LogP contribution in [0.1, 0.15) is 105 Å². The highest BCUT2D eigenvalue weighted by Crippen LogP contribution is 2.61. The first-order chi connectivity index (χ1) is 16.2. The average Bonchev–Trinajstić information content (AvgIpc) is 2.89. The molecule has 0 radical (unpaired) electrons. The fourth-order valence-corrected chi connectivity index (χ4v) is 8.43. The Balaban J connectivity index is 1.64. The molecule has 0 heterocycles. The highest BCUT2D eigenvalue weighted by Gasteiger charge is 2.56. The molecule has 0 aromatic heterocycles. The molecule has 5 nitrogen and oxygen atoms in total. The molecule has 0 saturated heterocycles. The first-order valence-corrected chi connectivity index (χ1v) is 14.4. The van der Waals surface area contributed by atoms with Crippen LogP contribution in [0, 0.1) is 46.8 Å². The third-order valence-corrected chi connectivity index (χ3v) is 10.4. The Morgan fingerprint density at radius 2 is 1.79 bits per heavy atom. The third kappa shape index (κ3) is 5.82. The van der Waals surface area contributed by atoms with Gasteiger partial charge < -0.3 is 15.2 Å². The van der Waals surface area contributed by atoms with Gasteiger partial charge in [-0.3, -0.25) is 4.79 Å². The summed E-state index contributed by atoms with van der Waals surface area (Å²) >= 11 is 0. The zero-order valence-electron chi connectivity index (χ0n) is 22.5. The van der Waals surface area contributed by atoms with E-state index < -0.39 is 11.9 Å². The zero-order chi connectivity index (χ0) is 24.9. The van der Waals surface area contributed by atoms with Crippen molar-refractivity contribution in [3.8, 4) is 0 Å². The van der Waals surface area contributed by atoms with Crippen LogP contribution in [0.3, 0.4) is 0 Å². The molecule has 3 aliphatic carbocycles. The monoisotopic (exact) mass is 477 g/mol. The summed E-state index contributed by atoms with van der Waals surface area (Å²) in [5.41, 5.74) is 0.389. The Hall–Kier alpha value is -1.10. The lowest BCUT2D eigenvalue weighted by Crippen LogP contribution is -2.57. The molecule has 1 amide bonds. The van der Waals surface area contributed by atoms with Gasteiger partial charge in [-0.15, -0.1) is 0 Å². The van der Waals surface area contributed by atoms with Crippen molar-refractivity contribution in [2.24, 2.45) is 46.8 Å². The Bertz CT molecular complexity index is 681. The van der Waals surface area contributed by atoms with Crippen molar-refractivity contribution in [1.29, 1.82) is 0 Å². The summed E-state index contributed by atoms with van der Waals surface area (Å²) in [6, 6.07) is 0. The maximum Gasteiger partial charge on any atom is 0.396 e. The highest BCUT2D eigenvalue weighted by molar-refractivity contribution is 6.32. The number of nitrogens with one attached hydrogen (secondary N) is 1. The van der Waals surface area contributed by atoms with Crippen LogP contribution in [0.4, 0.5) is 0 Å². The third-order valence-electron chi connectivity index (χ3n) is 10.4. The number of aliphatic hydroxyl groups is 1. The number of hydrogen-bond donors (Lipinski definition) is 2. The SMILES string of the molecule is CCOC(=O)C(=O)NCC[C@@H](C)[C@@H]1CCC[C@H]2[C@@H]([C@H](O)[C@H](CC)[C@@H]3CCCC[C@@]32C)[C@@H](C)CC1. The number of amides is 1. The largest absolute Gasteiger partial charge is 0.459 e. The van der Waals surface area contributed by atoms with Gasteiger partial charge in [0.2, 0.25) is 0 Å². The van der Waals surface area contributed by atoms with Crippen molar-refractivity contribution >= 4 is 11.9 Å². The number of rotatable bonds is 6. The molecule has 196 valence electrons. The van der Waals surface area contributed by atoms with E-state index in [4.69, 9.17) is 4.74 Å². The fraction of sp³-hybridized carbons (Fsp3) is 0.931. The van der Waals surface area contributed by atoms with E-state index in [2.05, 4.69) is 33.0 Å². The van der Waals surface area contributed by atoms with E-state index in [1.54, 1.807) is 6.92 Å². The number of carbonyl (C=O) groups is 2. The smallest absolute Gasteiger partial charge is 0.396 e. The van der Waals surface area contributed by atoms with Crippen molar-refractivity contribution in [3.05, 3.63) is 0 Å². The lowest BCUT2D eigenvalue weighted by molar-refractivity contribution is -0.159. The average molecular weight is 478 g/mol. The maximum atomic E-state index is 11.8. The predicted molar refractivity (Wildman–Crippen MR) is 136 cm³/mol. The number of carbonyl (C=O) groups excluding carboxylic acids is 2. The number of fused-ring (bicyclic) bond motifs is 3. The maximum absolute atomic E-state index is 11.8. The van der Waals surface area contributed by atoms with Crippen LogP contribution in [0.5, 0.6) is 0 Å². The van der Waals surface area contributed by atoms with Crippen molar-refractivity contribution in [3.63, 3.8) is 0 Å². The van der Waals surface area contributed by atoms with E-state index in [1.165, 1.54) is 57.8 Å². The standard InChI is InChI=1S/C29H51NO4/c1-6-22-23-12-8-9-17-29(23,5)24-13-10-11-21(15-14-20(4)25(24)26(22)31)19(3)16-18-30-27(32)28(33)34-7-2/h19-26,31H,6-18H2,1-5H3,(H,30,32)/t19-,20+,21-,22-,23+,24+,25+,26-,29+/m1/s1. The number of aliphatic hydroxyl groups excluding tert-OH is 1. The molecule has 3 aliphatic rings. The minimum absolute atomic E-state index is 0.145. The predicted octanol–water partition coefficient (Wildman–Crippen LogP) is 5.74. The number of hydrogen-bond acceptors (Lipinski definition) is 4. The van der Waals surface area contributed by atoms with E-state index in [1.807, 2.05) is 0 Å². The van der Waals surface area contributed by atoms with Gasteiger partial charge in [0.1, 0.15) is 0 Å². The second-order valence-electron chi connectivity index (χ2n) is 12.1. The van der Waals surface area contributed by atoms with Crippen LogP contribution in [0.15, 0.2) is 0 Å². The lowest BCUT2D eigenvalue weighted by atomic mass is 9.46. The van der Waals surface area contributed by atoms with Crippen LogP contribution in [0.25, 0.3) is 0 Å². The quantitative estimate of drug-likeness (QED) is 0.378. The van der Waals surface area contributed by atoms with Crippen LogP contribution in [-0.2, 0) is 14.3 Å². The van der Waals surface area contributed by atoms with Gasteiger partial charge in [0, 0.05) is 6.54 Å². The van der Waals surface area contributed by atoms with Gasteiger partial charge in [0.15, 0.2) is 0 Å². The molecule has 2 N–H and O–H groups in total. The van der Waals surface area contributed by atoms with Gasteiger partial charge in [0.25, 0.3) is 0 Å². The number of ether oxygens (including phenoxy) is 1. The summed E-state index contributed by atoms with van der Waals surface area (Å²) in [6.07, 6.45) is 13.3. The van der Waals surface area contributed by atoms with E-state index >= 15 is 0 Å². The Labute approximate surface area is 208 Å². The summed E-state index contributed by atoms with van der Waals surface area (Å²) < 4.78 is 4.78. The number of esters is 1. The molecule has 34 heavy (non-hydrogen) atoms. The van der Waals surface area contributed by atoms with Crippen LogP contribution in [-0.4, -0.2) is 36.2 Å². The van der Waals surface area contributed by atoms with Gasteiger partial charge in [-0.05, 0) is 85.9 Å². The molecule has 0 aromatic carbocycles. The molecule has 0 unspecified atom stereocenters. The first-order valence-electron chi connectivity index (χ1n) is 14.4. The zero-order valence-corrected chi connectivity index (χ0v) is 22.5. The molecule has 0 spiro atoms. The summed E-state index contributed by atoms with van der Waals surface area (Å²) in [4.78, 5) is 23.4. The summed E-state index contributed by atoms with van der Waals surface area (Å²) in [5.74, 6) is 2.50. The van der Waals surface area contributed by atoms with Crippen molar-refractivity contribution in [2.75, 3.05) is 13.2 Å². The van der Waals surface area contributed by atoms with Gasteiger partial charge >= 0.3 is 11.9 Å². The fourth-order valence-electron chi connectivity index (χ4n) is 8.43. The molecule has 5 heteroatoms. The van der Waals surface area contributed by atoms with E-state index in [0.717, 1.165) is 12.8 Å². The molecule has 3 fully saturated rings. The second-order valence-corrected chi connectivity index (χ2v) is 12.1. The summed E-state index contributed by atoms with van der Waals surface area (Å²) in [6.45, 7) is 12.0. The van der Waals surface area contributed by atoms with Gasteiger partial charge in [0.05, 0.1) is 12.7 Å². The highest BCUT2D eigenvalue weighted by atomic mass is 16.5. The van der Waals surface area contributed by atoms with E-state index in [-0.39, 0.29) is 12.7 Å².